The molecule has 0 N–H and O–H groups in total. The van der Waals surface area contributed by atoms with Crippen LogP contribution in [0.25, 0.3) is 11.3 Å². The van der Waals surface area contributed by atoms with E-state index in [1.807, 2.05) is 13.8 Å². The summed E-state index contributed by atoms with van der Waals surface area (Å²) in [6, 6.07) is 14.3. The van der Waals surface area contributed by atoms with Crippen molar-refractivity contribution in [3.05, 3.63) is 77.6 Å². The fourth-order valence-corrected chi connectivity index (χ4v) is 5.34. The normalized spacial score (nSPS) is 15.5. The summed E-state index contributed by atoms with van der Waals surface area (Å²) in [5.41, 5.74) is 0.441. The highest BCUT2D eigenvalue weighted by Gasteiger charge is 2.32. The van der Waals surface area contributed by atoms with Gasteiger partial charge in [-0.1, -0.05) is 38.1 Å². The SMILES string of the molecule is CC(C)c1ccc(S(=O)(=O)N2CCN(C(=O)c3ccc(-c4cccc(C(F)(F)F)c4)o3)CC2)cc1. The molecule has 35 heavy (non-hydrogen) atoms. The maximum Gasteiger partial charge on any atom is 0.416 e. The molecule has 2 aromatic carbocycles. The van der Waals surface area contributed by atoms with Crippen molar-refractivity contribution in [2.45, 2.75) is 30.8 Å². The van der Waals surface area contributed by atoms with Crippen LogP contribution in [0.2, 0.25) is 0 Å². The fraction of sp³-hybridized carbons (Fsp3) is 0.320. The quantitative estimate of drug-likeness (QED) is 0.475. The Morgan fingerprint density at radius 3 is 2.20 bits per heavy atom. The Kier molecular flexibility index (Phi) is 6.79. The summed E-state index contributed by atoms with van der Waals surface area (Å²) in [4.78, 5) is 14.6. The van der Waals surface area contributed by atoms with E-state index < -0.39 is 27.7 Å². The van der Waals surface area contributed by atoms with Gasteiger partial charge in [0.1, 0.15) is 5.76 Å². The number of rotatable bonds is 5. The highest BCUT2D eigenvalue weighted by molar-refractivity contribution is 7.89. The van der Waals surface area contributed by atoms with E-state index in [0.717, 1.165) is 17.7 Å². The number of hydrogen-bond donors (Lipinski definition) is 0. The highest BCUT2D eigenvalue weighted by atomic mass is 32.2. The van der Waals surface area contributed by atoms with E-state index in [0.29, 0.717) is 0 Å². The Hall–Kier alpha value is -3.11. The van der Waals surface area contributed by atoms with Crippen LogP contribution in [0.1, 0.15) is 41.4 Å². The van der Waals surface area contributed by atoms with Gasteiger partial charge in [-0.3, -0.25) is 4.79 Å². The molecule has 0 radical (unpaired) electrons. The van der Waals surface area contributed by atoms with E-state index in [-0.39, 0.29) is 54.1 Å². The maximum absolute atomic E-state index is 13.0. The number of nitrogens with zero attached hydrogens (tertiary/aromatic N) is 2. The molecule has 1 amide bonds. The predicted octanol–water partition coefficient (Wildman–Crippen LogP) is 5.24. The van der Waals surface area contributed by atoms with Gasteiger partial charge in [-0.2, -0.15) is 17.5 Å². The molecule has 1 aromatic heterocycles. The topological polar surface area (TPSA) is 70.8 Å². The van der Waals surface area contributed by atoms with E-state index in [4.69, 9.17) is 4.42 Å². The van der Waals surface area contributed by atoms with Crippen LogP contribution in [-0.2, 0) is 16.2 Å². The lowest BCUT2D eigenvalue weighted by molar-refractivity contribution is -0.137. The Morgan fingerprint density at radius 2 is 1.60 bits per heavy atom. The molecule has 1 fully saturated rings. The van der Waals surface area contributed by atoms with Gasteiger partial charge in [-0.15, -0.1) is 0 Å². The van der Waals surface area contributed by atoms with Crippen LogP contribution in [0.3, 0.4) is 0 Å². The molecule has 10 heteroatoms. The van der Waals surface area contributed by atoms with Gasteiger partial charge in [0.25, 0.3) is 5.91 Å². The summed E-state index contributed by atoms with van der Waals surface area (Å²) in [6.45, 7) is 4.65. The monoisotopic (exact) mass is 506 g/mol. The Bertz CT molecular complexity index is 1310. The zero-order chi connectivity index (χ0) is 25.4. The molecule has 4 rings (SSSR count). The number of carbonyl (C=O) groups excluding carboxylic acids is 1. The standard InChI is InChI=1S/C25H25F3N2O4S/c1-17(2)18-6-8-21(9-7-18)35(32,33)30-14-12-29(13-15-30)24(31)23-11-10-22(34-23)19-4-3-5-20(16-19)25(26,27)28/h3-11,16-17H,12-15H2,1-2H3. The first-order chi connectivity index (χ1) is 16.5. The fourth-order valence-electron chi connectivity index (χ4n) is 3.92. The molecule has 2 heterocycles. The number of benzene rings is 2. The lowest BCUT2D eigenvalue weighted by Gasteiger charge is -2.33. The summed E-state index contributed by atoms with van der Waals surface area (Å²) < 4.78 is 71.9. The third kappa shape index (κ3) is 5.28. The summed E-state index contributed by atoms with van der Waals surface area (Å²) in [7, 11) is -3.69. The molecule has 6 nitrogen and oxygen atoms in total. The molecule has 186 valence electrons. The van der Waals surface area contributed by atoms with Gasteiger partial charge in [-0.25, -0.2) is 8.42 Å². The van der Waals surface area contributed by atoms with E-state index >= 15 is 0 Å². The minimum Gasteiger partial charge on any atom is -0.451 e. The summed E-state index contributed by atoms with van der Waals surface area (Å²) in [6.07, 6.45) is -4.49. The third-order valence-corrected chi connectivity index (χ3v) is 7.91. The number of sulfonamides is 1. The van der Waals surface area contributed by atoms with Crippen LogP contribution in [0.4, 0.5) is 13.2 Å². The summed E-state index contributed by atoms with van der Waals surface area (Å²) >= 11 is 0. The first-order valence-corrected chi connectivity index (χ1v) is 12.6. The van der Waals surface area contributed by atoms with E-state index in [2.05, 4.69) is 0 Å². The highest BCUT2D eigenvalue weighted by Crippen LogP contribution is 2.33. The largest absolute Gasteiger partial charge is 0.451 e. The molecule has 0 unspecified atom stereocenters. The van der Waals surface area contributed by atoms with Crippen molar-refractivity contribution in [2.24, 2.45) is 0 Å². The second kappa shape index (κ2) is 9.50. The number of hydrogen-bond acceptors (Lipinski definition) is 4. The van der Waals surface area contributed by atoms with Crippen molar-refractivity contribution in [3.8, 4) is 11.3 Å². The van der Waals surface area contributed by atoms with Crippen LogP contribution in [-0.4, -0.2) is 49.7 Å². The Balaban J connectivity index is 1.42. The average molecular weight is 507 g/mol. The second-order valence-corrected chi connectivity index (χ2v) is 10.6. The zero-order valence-corrected chi connectivity index (χ0v) is 20.1. The van der Waals surface area contributed by atoms with Crippen LogP contribution < -0.4 is 0 Å². The first-order valence-electron chi connectivity index (χ1n) is 11.1. The zero-order valence-electron chi connectivity index (χ0n) is 19.2. The van der Waals surface area contributed by atoms with E-state index in [9.17, 15) is 26.4 Å². The number of alkyl halides is 3. The maximum atomic E-state index is 13.0. The number of piperazine rings is 1. The molecule has 0 bridgehead atoms. The lowest BCUT2D eigenvalue weighted by atomic mass is 10.0. The predicted molar refractivity (Wildman–Crippen MR) is 124 cm³/mol. The van der Waals surface area contributed by atoms with E-state index in [1.54, 1.807) is 24.3 Å². The molecule has 0 saturated carbocycles. The van der Waals surface area contributed by atoms with Crippen molar-refractivity contribution in [3.63, 3.8) is 0 Å². The van der Waals surface area contributed by atoms with Crippen molar-refractivity contribution < 1.29 is 30.8 Å². The summed E-state index contributed by atoms with van der Waals surface area (Å²) in [5, 5.41) is 0. The van der Waals surface area contributed by atoms with Gasteiger partial charge < -0.3 is 9.32 Å². The third-order valence-electron chi connectivity index (χ3n) is 6.00. The molecule has 0 atom stereocenters. The van der Waals surface area contributed by atoms with Crippen LogP contribution in [0.15, 0.2) is 70.0 Å². The van der Waals surface area contributed by atoms with Crippen molar-refractivity contribution >= 4 is 15.9 Å². The van der Waals surface area contributed by atoms with Crippen molar-refractivity contribution in [1.82, 2.24) is 9.21 Å². The molecule has 0 spiro atoms. The van der Waals surface area contributed by atoms with Crippen molar-refractivity contribution in [2.75, 3.05) is 26.2 Å². The van der Waals surface area contributed by atoms with Gasteiger partial charge in [-0.05, 0) is 47.9 Å². The van der Waals surface area contributed by atoms with Crippen LogP contribution in [0, 0.1) is 0 Å². The first kappa shape index (κ1) is 25.0. The Morgan fingerprint density at radius 1 is 0.943 bits per heavy atom. The molecular formula is C25H25F3N2O4S. The second-order valence-electron chi connectivity index (χ2n) is 8.66. The average Bonchev–Trinajstić information content (AvgIpc) is 3.34. The van der Waals surface area contributed by atoms with Crippen LogP contribution >= 0.6 is 0 Å². The van der Waals surface area contributed by atoms with Gasteiger partial charge in [0.2, 0.25) is 10.0 Å². The molecule has 0 aliphatic carbocycles. The summed E-state index contributed by atoms with van der Waals surface area (Å²) in [5.74, 6) is -0.0259. The van der Waals surface area contributed by atoms with Gasteiger partial charge in [0.15, 0.2) is 5.76 Å². The lowest BCUT2D eigenvalue weighted by Crippen LogP contribution is -2.50. The Labute approximate surface area is 202 Å². The van der Waals surface area contributed by atoms with Gasteiger partial charge in [0.05, 0.1) is 10.5 Å². The number of furan rings is 1. The minimum absolute atomic E-state index is 0.0157. The molecule has 1 aliphatic heterocycles. The van der Waals surface area contributed by atoms with Gasteiger partial charge in [0, 0.05) is 31.7 Å². The van der Waals surface area contributed by atoms with Gasteiger partial charge >= 0.3 is 6.18 Å². The van der Waals surface area contributed by atoms with Crippen LogP contribution in [0.5, 0.6) is 0 Å². The molecule has 3 aromatic rings. The van der Waals surface area contributed by atoms with E-state index in [1.165, 1.54) is 33.5 Å². The number of amides is 1. The number of carbonyl (C=O) groups is 1. The molecule has 1 saturated heterocycles. The minimum atomic E-state index is -4.49. The van der Waals surface area contributed by atoms with Crippen molar-refractivity contribution in [1.29, 1.82) is 0 Å². The molecular weight excluding hydrogens is 481 g/mol. The smallest absolute Gasteiger partial charge is 0.416 e. The number of halogens is 3. The molecule has 1 aliphatic rings.